The Morgan fingerprint density at radius 1 is 1.53 bits per heavy atom. The van der Waals surface area contributed by atoms with Gasteiger partial charge in [0, 0.05) is 18.3 Å². The van der Waals surface area contributed by atoms with Crippen LogP contribution in [-0.4, -0.2) is 28.0 Å². The second-order valence-corrected chi connectivity index (χ2v) is 4.24. The van der Waals surface area contributed by atoms with E-state index in [9.17, 15) is 0 Å². The average molecular weight is 209 g/mol. The van der Waals surface area contributed by atoms with Crippen LogP contribution in [0, 0.1) is 5.92 Å². The molecule has 0 atom stereocenters. The zero-order valence-corrected chi connectivity index (χ0v) is 9.02. The van der Waals surface area contributed by atoms with Crippen LogP contribution in [0.25, 0.3) is 0 Å². The molecule has 2 N–H and O–H groups in total. The molecular weight excluding hydrogens is 190 g/mol. The number of nitrogens with one attached hydrogen (secondary N) is 1. The quantitative estimate of drug-likeness (QED) is 0.652. The van der Waals surface area contributed by atoms with E-state index in [1.54, 1.807) is 4.68 Å². The number of hydrogen-bond donors (Lipinski definition) is 2. The third-order valence-electron chi connectivity index (χ3n) is 2.77. The van der Waals surface area contributed by atoms with Gasteiger partial charge in [-0.05, 0) is 18.9 Å². The molecule has 4 heteroatoms. The summed E-state index contributed by atoms with van der Waals surface area (Å²) in [4.78, 5) is 0. The molecule has 0 amide bonds. The monoisotopic (exact) mass is 209 g/mol. The summed E-state index contributed by atoms with van der Waals surface area (Å²) in [6.07, 6.45) is 8.01. The maximum atomic E-state index is 8.73. The summed E-state index contributed by atoms with van der Waals surface area (Å²) in [6, 6.07) is 0. The van der Waals surface area contributed by atoms with Gasteiger partial charge in [-0.25, -0.2) is 0 Å². The number of nitrogens with zero attached hydrogens (tertiary/aromatic N) is 2. The Kier molecular flexibility index (Phi) is 3.75. The Bertz CT molecular complexity index is 294. The van der Waals surface area contributed by atoms with Gasteiger partial charge in [0.1, 0.15) is 0 Å². The first-order valence-corrected chi connectivity index (χ1v) is 5.71. The first kappa shape index (κ1) is 10.6. The van der Waals surface area contributed by atoms with Crippen LogP contribution in [0.4, 0.5) is 0 Å². The Balaban J connectivity index is 1.63. The highest BCUT2D eigenvalue weighted by Crippen LogP contribution is 2.31. The molecule has 1 heterocycles. The highest BCUT2D eigenvalue weighted by Gasteiger charge is 2.19. The predicted molar refractivity (Wildman–Crippen MR) is 58.4 cm³/mol. The molecule has 1 aromatic heterocycles. The van der Waals surface area contributed by atoms with Crippen LogP contribution in [0.2, 0.25) is 0 Å². The summed E-state index contributed by atoms with van der Waals surface area (Å²) in [5.74, 6) is 0.995. The molecule has 0 unspecified atom stereocenters. The predicted octanol–water partition coefficient (Wildman–Crippen LogP) is 0.765. The fraction of sp³-hybridized carbons (Fsp3) is 0.727. The molecule has 1 aliphatic carbocycles. The average Bonchev–Trinajstić information content (AvgIpc) is 2.95. The van der Waals surface area contributed by atoms with E-state index in [0.29, 0.717) is 6.54 Å². The molecule has 0 spiro atoms. The molecule has 2 rings (SSSR count). The van der Waals surface area contributed by atoms with Gasteiger partial charge < -0.3 is 10.4 Å². The first-order valence-electron chi connectivity index (χ1n) is 5.71. The van der Waals surface area contributed by atoms with Crippen LogP contribution in [0.1, 0.15) is 24.8 Å². The second-order valence-electron chi connectivity index (χ2n) is 4.24. The molecule has 0 saturated heterocycles. The van der Waals surface area contributed by atoms with Gasteiger partial charge in [-0.15, -0.1) is 0 Å². The van der Waals surface area contributed by atoms with Gasteiger partial charge in [0.15, 0.2) is 0 Å². The largest absolute Gasteiger partial charge is 0.394 e. The van der Waals surface area contributed by atoms with Crippen molar-refractivity contribution in [2.45, 2.75) is 32.4 Å². The van der Waals surface area contributed by atoms with Crippen LogP contribution in [0.3, 0.4) is 0 Å². The maximum Gasteiger partial charge on any atom is 0.0640 e. The van der Waals surface area contributed by atoms with Crippen LogP contribution in [0.5, 0.6) is 0 Å². The normalized spacial score (nSPS) is 15.8. The van der Waals surface area contributed by atoms with Crippen molar-refractivity contribution in [3.8, 4) is 0 Å². The smallest absolute Gasteiger partial charge is 0.0640 e. The lowest BCUT2D eigenvalue weighted by Crippen LogP contribution is -2.14. The summed E-state index contributed by atoms with van der Waals surface area (Å²) < 4.78 is 1.78. The lowest BCUT2D eigenvalue weighted by atomic mass is 10.3. The Labute approximate surface area is 90.3 Å². The van der Waals surface area contributed by atoms with Crippen molar-refractivity contribution < 1.29 is 5.11 Å². The number of rotatable bonds is 7. The summed E-state index contributed by atoms with van der Waals surface area (Å²) in [5, 5.41) is 16.3. The highest BCUT2D eigenvalue weighted by atomic mass is 16.3. The van der Waals surface area contributed by atoms with Crippen molar-refractivity contribution in [1.82, 2.24) is 15.1 Å². The molecule has 1 fully saturated rings. The topological polar surface area (TPSA) is 50.1 Å². The van der Waals surface area contributed by atoms with Crippen molar-refractivity contribution in [2.24, 2.45) is 5.92 Å². The van der Waals surface area contributed by atoms with Crippen LogP contribution in [-0.2, 0) is 13.1 Å². The van der Waals surface area contributed by atoms with Gasteiger partial charge in [-0.3, -0.25) is 4.68 Å². The van der Waals surface area contributed by atoms with Crippen LogP contribution in [0.15, 0.2) is 12.4 Å². The van der Waals surface area contributed by atoms with Crippen molar-refractivity contribution in [3.05, 3.63) is 18.0 Å². The van der Waals surface area contributed by atoms with Crippen molar-refractivity contribution >= 4 is 0 Å². The third-order valence-corrected chi connectivity index (χ3v) is 2.77. The molecule has 15 heavy (non-hydrogen) atoms. The molecule has 0 bridgehead atoms. The van der Waals surface area contributed by atoms with E-state index in [1.165, 1.54) is 24.8 Å². The number of aliphatic hydroxyl groups excluding tert-OH is 1. The second kappa shape index (κ2) is 5.28. The number of aromatic nitrogens is 2. The molecular formula is C11H19N3O. The van der Waals surface area contributed by atoms with E-state index in [2.05, 4.69) is 10.4 Å². The van der Waals surface area contributed by atoms with E-state index in [4.69, 9.17) is 5.11 Å². The van der Waals surface area contributed by atoms with Gasteiger partial charge in [-0.1, -0.05) is 12.8 Å². The van der Waals surface area contributed by atoms with E-state index in [1.807, 2.05) is 12.4 Å². The number of hydrogen-bond acceptors (Lipinski definition) is 3. The summed E-state index contributed by atoms with van der Waals surface area (Å²) in [7, 11) is 0. The lowest BCUT2D eigenvalue weighted by Gasteiger charge is -2.01. The Morgan fingerprint density at radius 3 is 3.13 bits per heavy atom. The van der Waals surface area contributed by atoms with Crippen molar-refractivity contribution in [2.75, 3.05) is 13.2 Å². The van der Waals surface area contributed by atoms with E-state index < -0.39 is 0 Å². The standard InChI is InChI=1S/C11H19N3O/c15-6-5-14-9-11(8-13-14)7-12-4-3-10-1-2-10/h8-10,12,15H,1-7H2. The van der Waals surface area contributed by atoms with E-state index in [0.717, 1.165) is 19.0 Å². The Hall–Kier alpha value is -0.870. The zero-order chi connectivity index (χ0) is 10.5. The molecule has 1 aliphatic rings. The Morgan fingerprint density at radius 2 is 2.40 bits per heavy atom. The van der Waals surface area contributed by atoms with Gasteiger partial charge >= 0.3 is 0 Å². The molecule has 1 saturated carbocycles. The summed E-state index contributed by atoms with van der Waals surface area (Å²) in [5.41, 5.74) is 1.19. The summed E-state index contributed by atoms with van der Waals surface area (Å²) in [6.45, 7) is 2.73. The molecule has 1 aromatic rings. The molecule has 0 aliphatic heterocycles. The molecule has 4 nitrogen and oxygen atoms in total. The van der Waals surface area contributed by atoms with Crippen LogP contribution < -0.4 is 5.32 Å². The SMILES string of the molecule is OCCn1cc(CNCCC2CC2)cn1. The fourth-order valence-electron chi connectivity index (χ4n) is 1.67. The first-order chi connectivity index (χ1) is 7.38. The van der Waals surface area contributed by atoms with Gasteiger partial charge in [-0.2, -0.15) is 5.10 Å². The van der Waals surface area contributed by atoms with Crippen molar-refractivity contribution in [1.29, 1.82) is 0 Å². The van der Waals surface area contributed by atoms with Gasteiger partial charge in [0.05, 0.1) is 19.3 Å². The fourth-order valence-corrected chi connectivity index (χ4v) is 1.67. The minimum atomic E-state index is 0.149. The number of aliphatic hydroxyl groups is 1. The van der Waals surface area contributed by atoms with E-state index >= 15 is 0 Å². The molecule has 84 valence electrons. The van der Waals surface area contributed by atoms with Gasteiger partial charge in [0.2, 0.25) is 0 Å². The third kappa shape index (κ3) is 3.64. The van der Waals surface area contributed by atoms with Gasteiger partial charge in [0.25, 0.3) is 0 Å². The van der Waals surface area contributed by atoms with Crippen molar-refractivity contribution in [3.63, 3.8) is 0 Å². The highest BCUT2D eigenvalue weighted by molar-refractivity contribution is 5.03. The van der Waals surface area contributed by atoms with Crippen LogP contribution >= 0.6 is 0 Å². The van der Waals surface area contributed by atoms with E-state index in [-0.39, 0.29) is 6.61 Å². The zero-order valence-electron chi connectivity index (χ0n) is 9.02. The minimum absolute atomic E-state index is 0.149. The molecule has 0 radical (unpaired) electrons. The minimum Gasteiger partial charge on any atom is -0.394 e. The maximum absolute atomic E-state index is 8.73. The lowest BCUT2D eigenvalue weighted by molar-refractivity contribution is 0.269. The molecule has 0 aromatic carbocycles. The summed E-state index contributed by atoms with van der Waals surface area (Å²) >= 11 is 0.